The highest BCUT2D eigenvalue weighted by Crippen LogP contribution is 2.16. The van der Waals surface area contributed by atoms with Gasteiger partial charge in [0, 0.05) is 24.3 Å². The first-order valence-corrected chi connectivity index (χ1v) is 7.16. The molecule has 1 heterocycles. The maximum absolute atomic E-state index is 7.58. The fourth-order valence-electron chi connectivity index (χ4n) is 2.01. The first kappa shape index (κ1) is 15.5. The van der Waals surface area contributed by atoms with Gasteiger partial charge in [-0.1, -0.05) is 26.7 Å². The topological polar surface area (TPSA) is 66.0 Å². The Morgan fingerprint density at radius 1 is 1.21 bits per heavy atom. The zero-order valence-corrected chi connectivity index (χ0v) is 12.4. The summed E-state index contributed by atoms with van der Waals surface area (Å²) in [6.07, 6.45) is 4.67. The van der Waals surface area contributed by atoms with Gasteiger partial charge in [0.15, 0.2) is 0 Å². The number of hydrogen-bond acceptors (Lipinski definition) is 3. The lowest BCUT2D eigenvalue weighted by molar-refractivity contribution is 0.670. The molecule has 0 radical (unpaired) electrons. The third kappa shape index (κ3) is 4.89. The van der Waals surface area contributed by atoms with Crippen molar-refractivity contribution in [1.82, 2.24) is 4.98 Å². The quantitative estimate of drug-likeness (QED) is 0.559. The minimum atomic E-state index is 0.109. The van der Waals surface area contributed by atoms with Crippen LogP contribution in [0.2, 0.25) is 0 Å². The van der Waals surface area contributed by atoms with Gasteiger partial charge >= 0.3 is 0 Å². The minimum absolute atomic E-state index is 0.109. The van der Waals surface area contributed by atoms with Crippen LogP contribution in [0.4, 0.5) is 5.82 Å². The van der Waals surface area contributed by atoms with Gasteiger partial charge in [-0.3, -0.25) is 5.41 Å². The van der Waals surface area contributed by atoms with Crippen molar-refractivity contribution in [2.24, 2.45) is 5.73 Å². The number of nitrogens with two attached hydrogens (primary N) is 1. The molecular weight excluding hydrogens is 236 g/mol. The molecule has 1 aromatic rings. The summed E-state index contributed by atoms with van der Waals surface area (Å²) in [5.41, 5.74) is 7.27. The summed E-state index contributed by atoms with van der Waals surface area (Å²) in [7, 11) is 0. The normalized spacial score (nSPS) is 10.5. The van der Waals surface area contributed by atoms with Crippen LogP contribution in [0.5, 0.6) is 0 Å². The Bertz CT molecular complexity index is 407. The van der Waals surface area contributed by atoms with Crippen LogP contribution in [-0.2, 0) is 0 Å². The first-order valence-electron chi connectivity index (χ1n) is 7.16. The van der Waals surface area contributed by atoms with Gasteiger partial charge in [-0.05, 0) is 31.9 Å². The lowest BCUT2D eigenvalue weighted by Gasteiger charge is -2.24. The SMILES string of the molecule is CCCCN(CCCC)c1cc(C(=N)N)cc(C)n1. The Morgan fingerprint density at radius 2 is 1.79 bits per heavy atom. The Balaban J connectivity index is 2.95. The van der Waals surface area contributed by atoms with Crippen molar-refractivity contribution in [2.75, 3.05) is 18.0 Å². The van der Waals surface area contributed by atoms with Gasteiger partial charge in [0.05, 0.1) is 0 Å². The van der Waals surface area contributed by atoms with E-state index in [0.29, 0.717) is 0 Å². The highest BCUT2D eigenvalue weighted by molar-refractivity contribution is 5.95. The molecule has 0 bridgehead atoms. The molecule has 0 aromatic carbocycles. The predicted molar refractivity (Wildman–Crippen MR) is 82.0 cm³/mol. The molecule has 0 atom stereocenters. The molecule has 0 spiro atoms. The molecule has 0 amide bonds. The number of nitrogens with one attached hydrogen (secondary N) is 1. The van der Waals surface area contributed by atoms with Gasteiger partial charge < -0.3 is 10.6 Å². The molecule has 0 unspecified atom stereocenters. The van der Waals surface area contributed by atoms with Crippen molar-refractivity contribution in [3.8, 4) is 0 Å². The van der Waals surface area contributed by atoms with Gasteiger partial charge in [0.1, 0.15) is 11.7 Å². The second-order valence-electron chi connectivity index (χ2n) is 4.96. The van der Waals surface area contributed by atoms with Crippen LogP contribution in [0.1, 0.15) is 50.8 Å². The summed E-state index contributed by atoms with van der Waals surface area (Å²) in [4.78, 5) is 6.91. The molecule has 0 aliphatic heterocycles. The summed E-state index contributed by atoms with van der Waals surface area (Å²) in [6.45, 7) is 8.38. The number of hydrogen-bond donors (Lipinski definition) is 2. The molecule has 0 aliphatic carbocycles. The van der Waals surface area contributed by atoms with E-state index in [1.54, 1.807) is 0 Å². The zero-order chi connectivity index (χ0) is 14.3. The monoisotopic (exact) mass is 262 g/mol. The van der Waals surface area contributed by atoms with Crippen LogP contribution >= 0.6 is 0 Å². The van der Waals surface area contributed by atoms with E-state index in [0.717, 1.165) is 43.0 Å². The van der Waals surface area contributed by atoms with Crippen molar-refractivity contribution >= 4 is 11.7 Å². The highest BCUT2D eigenvalue weighted by atomic mass is 15.2. The number of aryl methyl sites for hydroxylation is 1. The van der Waals surface area contributed by atoms with Gasteiger partial charge in [0.2, 0.25) is 0 Å². The fraction of sp³-hybridized carbons (Fsp3) is 0.600. The average molecular weight is 262 g/mol. The van der Waals surface area contributed by atoms with Crippen LogP contribution in [0.15, 0.2) is 12.1 Å². The number of rotatable bonds is 8. The van der Waals surface area contributed by atoms with Gasteiger partial charge in [-0.15, -0.1) is 0 Å². The predicted octanol–water partition coefficient (Wildman–Crippen LogP) is 3.08. The van der Waals surface area contributed by atoms with Gasteiger partial charge in [0.25, 0.3) is 0 Å². The highest BCUT2D eigenvalue weighted by Gasteiger charge is 2.10. The first-order chi connectivity index (χ1) is 9.08. The molecule has 4 heteroatoms. The summed E-state index contributed by atoms with van der Waals surface area (Å²) >= 11 is 0. The number of unbranched alkanes of at least 4 members (excludes halogenated alkanes) is 2. The van der Waals surface area contributed by atoms with E-state index < -0.39 is 0 Å². The summed E-state index contributed by atoms with van der Waals surface area (Å²) in [6, 6.07) is 3.80. The molecular formula is C15H26N4. The van der Waals surface area contributed by atoms with Crippen LogP contribution in [0.3, 0.4) is 0 Å². The minimum Gasteiger partial charge on any atom is -0.384 e. The maximum Gasteiger partial charge on any atom is 0.129 e. The van der Waals surface area contributed by atoms with Crippen LogP contribution < -0.4 is 10.6 Å². The number of aromatic nitrogens is 1. The zero-order valence-electron chi connectivity index (χ0n) is 12.4. The molecule has 0 saturated carbocycles. The van der Waals surface area contributed by atoms with E-state index in [1.807, 2.05) is 19.1 Å². The lowest BCUT2D eigenvalue weighted by atomic mass is 10.2. The smallest absolute Gasteiger partial charge is 0.129 e. The van der Waals surface area contributed by atoms with E-state index in [9.17, 15) is 0 Å². The Labute approximate surface area is 116 Å². The van der Waals surface area contributed by atoms with Crippen molar-refractivity contribution in [3.63, 3.8) is 0 Å². The van der Waals surface area contributed by atoms with Crippen LogP contribution in [-0.4, -0.2) is 23.9 Å². The van der Waals surface area contributed by atoms with Gasteiger partial charge in [-0.25, -0.2) is 4.98 Å². The molecule has 1 aromatic heterocycles. The summed E-state index contributed by atoms with van der Waals surface area (Å²) in [5.74, 6) is 1.06. The van der Waals surface area contributed by atoms with E-state index >= 15 is 0 Å². The Hall–Kier alpha value is -1.58. The summed E-state index contributed by atoms with van der Waals surface area (Å²) < 4.78 is 0. The second kappa shape index (κ2) is 7.77. The number of amidine groups is 1. The number of anilines is 1. The average Bonchev–Trinajstić information content (AvgIpc) is 2.38. The molecule has 106 valence electrons. The maximum atomic E-state index is 7.58. The lowest BCUT2D eigenvalue weighted by Crippen LogP contribution is -2.27. The van der Waals surface area contributed by atoms with Gasteiger partial charge in [-0.2, -0.15) is 0 Å². The molecule has 0 saturated heterocycles. The number of pyridine rings is 1. The standard InChI is InChI=1S/C15H26N4/c1-4-6-8-19(9-7-5-2)14-11-13(15(16)17)10-12(3)18-14/h10-11H,4-9H2,1-3H3,(H3,16,17). The van der Waals surface area contributed by atoms with E-state index in [4.69, 9.17) is 11.1 Å². The molecule has 0 fully saturated rings. The molecule has 3 N–H and O–H groups in total. The van der Waals surface area contributed by atoms with Crippen molar-refractivity contribution < 1.29 is 0 Å². The molecule has 4 nitrogen and oxygen atoms in total. The van der Waals surface area contributed by atoms with E-state index in [1.165, 1.54) is 12.8 Å². The third-order valence-electron chi connectivity index (χ3n) is 3.14. The molecule has 1 rings (SSSR count). The van der Waals surface area contributed by atoms with Crippen LogP contribution in [0, 0.1) is 12.3 Å². The molecule has 0 aliphatic rings. The Morgan fingerprint density at radius 3 is 2.26 bits per heavy atom. The van der Waals surface area contributed by atoms with Crippen LogP contribution in [0.25, 0.3) is 0 Å². The Kier molecular flexibility index (Phi) is 6.33. The fourth-order valence-corrected chi connectivity index (χ4v) is 2.01. The largest absolute Gasteiger partial charge is 0.384 e. The molecule has 19 heavy (non-hydrogen) atoms. The van der Waals surface area contributed by atoms with E-state index in [2.05, 4.69) is 23.7 Å². The second-order valence-corrected chi connectivity index (χ2v) is 4.96. The number of nitrogens with zero attached hydrogens (tertiary/aromatic N) is 2. The summed E-state index contributed by atoms with van der Waals surface area (Å²) in [5, 5.41) is 7.58. The van der Waals surface area contributed by atoms with Crippen molar-refractivity contribution in [3.05, 3.63) is 23.4 Å². The third-order valence-corrected chi connectivity index (χ3v) is 3.14. The van der Waals surface area contributed by atoms with E-state index in [-0.39, 0.29) is 5.84 Å². The number of nitrogen functional groups attached to an aromatic ring is 1. The van der Waals surface area contributed by atoms with Crippen molar-refractivity contribution in [1.29, 1.82) is 5.41 Å². The van der Waals surface area contributed by atoms with Crippen molar-refractivity contribution in [2.45, 2.75) is 46.5 Å².